The average molecular weight is 509 g/mol. The first-order valence-electron chi connectivity index (χ1n) is 9.38. The SMILES string of the molecule is COc1c(Cl)cc(/C(O)=C2/C(=O)C(=O)N(c3ccc(C)c(Cl)c3)C2c2cccs2)cc1Cl. The fourth-order valence-corrected chi connectivity index (χ4v) is 5.23. The molecule has 2 aromatic carbocycles. The zero-order valence-electron chi connectivity index (χ0n) is 16.9. The van der Waals surface area contributed by atoms with Gasteiger partial charge in [0, 0.05) is 21.2 Å². The van der Waals surface area contributed by atoms with Crippen LogP contribution >= 0.6 is 46.1 Å². The van der Waals surface area contributed by atoms with Gasteiger partial charge in [0.25, 0.3) is 11.7 Å². The summed E-state index contributed by atoms with van der Waals surface area (Å²) in [5.41, 5.74) is 1.42. The van der Waals surface area contributed by atoms with Crippen LogP contribution in [-0.4, -0.2) is 23.9 Å². The molecule has 0 radical (unpaired) electrons. The number of amides is 1. The lowest BCUT2D eigenvalue weighted by Gasteiger charge is -2.24. The molecule has 0 saturated carbocycles. The van der Waals surface area contributed by atoms with Crippen LogP contribution in [0, 0.1) is 6.92 Å². The molecule has 1 unspecified atom stereocenters. The maximum Gasteiger partial charge on any atom is 0.300 e. The van der Waals surface area contributed by atoms with Crippen molar-refractivity contribution in [1.29, 1.82) is 0 Å². The van der Waals surface area contributed by atoms with Gasteiger partial charge in [0.1, 0.15) is 11.8 Å². The second-order valence-electron chi connectivity index (χ2n) is 7.09. The van der Waals surface area contributed by atoms with E-state index in [0.717, 1.165) is 5.56 Å². The predicted molar refractivity (Wildman–Crippen MR) is 128 cm³/mol. The van der Waals surface area contributed by atoms with E-state index in [2.05, 4.69) is 0 Å². The smallest absolute Gasteiger partial charge is 0.300 e. The topological polar surface area (TPSA) is 66.8 Å². The van der Waals surface area contributed by atoms with E-state index in [1.165, 1.54) is 35.5 Å². The monoisotopic (exact) mass is 507 g/mol. The van der Waals surface area contributed by atoms with Gasteiger partial charge in [0.15, 0.2) is 5.75 Å². The number of ketones is 1. The molecule has 0 aliphatic carbocycles. The van der Waals surface area contributed by atoms with Crippen LogP contribution < -0.4 is 9.64 Å². The summed E-state index contributed by atoms with van der Waals surface area (Å²) in [5.74, 6) is -1.72. The number of ether oxygens (including phenoxy) is 1. The van der Waals surface area contributed by atoms with Crippen LogP contribution in [0.25, 0.3) is 5.76 Å². The normalized spacial score (nSPS) is 17.8. The van der Waals surface area contributed by atoms with Crippen LogP contribution in [-0.2, 0) is 9.59 Å². The molecule has 1 fully saturated rings. The minimum absolute atomic E-state index is 0.0635. The summed E-state index contributed by atoms with van der Waals surface area (Å²) in [6.07, 6.45) is 0. The van der Waals surface area contributed by atoms with Crippen molar-refractivity contribution < 1.29 is 19.4 Å². The van der Waals surface area contributed by atoms with Gasteiger partial charge in [-0.3, -0.25) is 14.5 Å². The zero-order valence-corrected chi connectivity index (χ0v) is 19.9. The molecule has 1 aromatic heterocycles. The van der Waals surface area contributed by atoms with Crippen molar-refractivity contribution in [3.8, 4) is 5.75 Å². The van der Waals surface area contributed by atoms with Crippen molar-refractivity contribution in [2.45, 2.75) is 13.0 Å². The summed E-state index contributed by atoms with van der Waals surface area (Å²) in [7, 11) is 1.42. The molecule has 0 spiro atoms. The lowest BCUT2D eigenvalue weighted by atomic mass is 9.99. The van der Waals surface area contributed by atoms with E-state index in [1.807, 2.05) is 18.4 Å². The summed E-state index contributed by atoms with van der Waals surface area (Å²) in [4.78, 5) is 28.3. The van der Waals surface area contributed by atoms with Crippen molar-refractivity contribution in [1.82, 2.24) is 0 Å². The fraction of sp³-hybridized carbons (Fsp3) is 0.130. The number of aliphatic hydroxyl groups excluding tert-OH is 1. The second-order valence-corrected chi connectivity index (χ2v) is 9.29. The molecule has 5 nitrogen and oxygen atoms in total. The number of benzene rings is 2. The number of Topliss-reactive ketones (excluding diaryl/α,β-unsaturated/α-hetero) is 1. The molecular formula is C23H16Cl3NO4S. The van der Waals surface area contributed by atoms with Crippen molar-refractivity contribution in [3.05, 3.63) is 84.5 Å². The average Bonchev–Trinajstić information content (AvgIpc) is 3.36. The number of carbonyl (C=O) groups is 2. The highest BCUT2D eigenvalue weighted by Crippen LogP contribution is 2.45. The quantitative estimate of drug-likeness (QED) is 0.243. The van der Waals surface area contributed by atoms with Crippen molar-refractivity contribution in [2.24, 2.45) is 0 Å². The van der Waals surface area contributed by atoms with E-state index in [-0.39, 0.29) is 32.7 Å². The largest absolute Gasteiger partial charge is 0.507 e. The van der Waals surface area contributed by atoms with E-state index < -0.39 is 17.7 Å². The van der Waals surface area contributed by atoms with Gasteiger partial charge in [0.05, 0.1) is 22.7 Å². The number of rotatable bonds is 4. The van der Waals surface area contributed by atoms with Gasteiger partial charge in [0.2, 0.25) is 0 Å². The van der Waals surface area contributed by atoms with Crippen molar-refractivity contribution in [2.75, 3.05) is 12.0 Å². The number of halogens is 3. The number of aliphatic hydroxyl groups is 1. The van der Waals surface area contributed by atoms with Crippen LogP contribution in [0.15, 0.2) is 53.4 Å². The van der Waals surface area contributed by atoms with Gasteiger partial charge in [-0.25, -0.2) is 0 Å². The van der Waals surface area contributed by atoms with E-state index >= 15 is 0 Å². The minimum atomic E-state index is -0.839. The third-order valence-corrected chi connectivity index (χ3v) is 7.06. The molecule has 0 bridgehead atoms. The molecule has 1 amide bonds. The molecule has 164 valence electrons. The first-order chi connectivity index (χ1) is 15.2. The molecule has 3 aromatic rings. The van der Waals surface area contributed by atoms with E-state index in [9.17, 15) is 14.7 Å². The molecule has 2 heterocycles. The van der Waals surface area contributed by atoms with Gasteiger partial charge in [-0.1, -0.05) is 46.9 Å². The third kappa shape index (κ3) is 3.77. The Hall–Kier alpha value is -2.51. The fourth-order valence-electron chi connectivity index (χ4n) is 3.59. The van der Waals surface area contributed by atoms with Crippen molar-refractivity contribution in [3.63, 3.8) is 0 Å². The Balaban J connectivity index is 1.94. The number of hydrogen-bond donors (Lipinski definition) is 1. The molecule has 9 heteroatoms. The lowest BCUT2D eigenvalue weighted by Crippen LogP contribution is -2.29. The number of thiophene rings is 1. The molecule has 32 heavy (non-hydrogen) atoms. The summed E-state index contributed by atoms with van der Waals surface area (Å²) in [5, 5.41) is 13.8. The van der Waals surface area contributed by atoms with Crippen LogP contribution in [0.5, 0.6) is 5.75 Å². The number of anilines is 1. The standard InChI is InChI=1S/C23H16Cl3NO4S/c1-11-5-6-13(10-14(11)24)27-19(17-4-3-7-32-17)18(21(29)23(27)30)20(28)12-8-15(25)22(31-2)16(26)9-12/h3-10,19,28H,1-2H3/b20-18-. The van der Waals surface area contributed by atoms with E-state index in [1.54, 1.807) is 24.3 Å². The Labute approximate surface area is 203 Å². The minimum Gasteiger partial charge on any atom is -0.507 e. The molecular weight excluding hydrogens is 493 g/mol. The second kappa shape index (κ2) is 8.79. The van der Waals surface area contributed by atoms with Crippen LogP contribution in [0.4, 0.5) is 5.69 Å². The van der Waals surface area contributed by atoms with E-state index in [0.29, 0.717) is 15.6 Å². The lowest BCUT2D eigenvalue weighted by molar-refractivity contribution is -0.132. The first-order valence-corrected chi connectivity index (χ1v) is 11.4. The van der Waals surface area contributed by atoms with Crippen LogP contribution in [0.3, 0.4) is 0 Å². The van der Waals surface area contributed by atoms with Crippen LogP contribution in [0.1, 0.15) is 22.0 Å². The first kappa shape index (κ1) is 22.7. The highest BCUT2D eigenvalue weighted by Gasteiger charge is 2.47. The number of aryl methyl sites for hydroxylation is 1. The maximum absolute atomic E-state index is 13.1. The Bertz CT molecular complexity index is 1250. The molecule has 1 aliphatic rings. The summed E-state index contributed by atoms with van der Waals surface area (Å²) in [6, 6.07) is 10.7. The van der Waals surface area contributed by atoms with Gasteiger partial charge >= 0.3 is 0 Å². The molecule has 1 N–H and O–H groups in total. The molecule has 4 rings (SSSR count). The van der Waals surface area contributed by atoms with Gasteiger partial charge in [-0.05, 0) is 48.2 Å². The number of nitrogens with zero attached hydrogens (tertiary/aromatic N) is 1. The Morgan fingerprint density at radius 2 is 1.75 bits per heavy atom. The summed E-state index contributed by atoms with van der Waals surface area (Å²) < 4.78 is 5.15. The number of methoxy groups -OCH3 is 1. The molecule has 1 saturated heterocycles. The summed E-state index contributed by atoms with van der Waals surface area (Å²) in [6.45, 7) is 1.84. The van der Waals surface area contributed by atoms with Crippen LogP contribution in [0.2, 0.25) is 15.1 Å². The van der Waals surface area contributed by atoms with Gasteiger partial charge < -0.3 is 9.84 Å². The molecule has 1 atom stereocenters. The summed E-state index contributed by atoms with van der Waals surface area (Å²) >= 11 is 20.1. The zero-order chi connectivity index (χ0) is 23.2. The van der Waals surface area contributed by atoms with Gasteiger partial charge in [-0.2, -0.15) is 0 Å². The number of carbonyl (C=O) groups excluding carboxylic acids is 2. The highest BCUT2D eigenvalue weighted by molar-refractivity contribution is 7.10. The number of hydrogen-bond acceptors (Lipinski definition) is 5. The third-order valence-electron chi connectivity index (χ3n) is 5.17. The van der Waals surface area contributed by atoms with E-state index in [4.69, 9.17) is 39.5 Å². The van der Waals surface area contributed by atoms with Crippen molar-refractivity contribution >= 4 is 69.3 Å². The maximum atomic E-state index is 13.1. The van der Waals surface area contributed by atoms with Gasteiger partial charge in [-0.15, -0.1) is 11.3 Å². The molecule has 1 aliphatic heterocycles. The predicted octanol–water partition coefficient (Wildman–Crippen LogP) is 6.65. The Morgan fingerprint density at radius 3 is 2.31 bits per heavy atom. The Kier molecular flexibility index (Phi) is 6.23. The highest BCUT2D eigenvalue weighted by atomic mass is 35.5. The Morgan fingerprint density at radius 1 is 1.06 bits per heavy atom.